The van der Waals surface area contributed by atoms with Crippen LogP contribution in [0.4, 0.5) is 17.3 Å². The molecular weight excluding hydrogens is 1180 g/mol. The molecule has 0 aromatic heterocycles. The molecule has 2 aliphatic carbocycles. The minimum Gasteiger partial charge on any atom is -0.418 e. The van der Waals surface area contributed by atoms with Crippen molar-refractivity contribution in [3.05, 3.63) is 246 Å². The molecule has 0 bridgehead atoms. The van der Waals surface area contributed by atoms with E-state index in [1.807, 2.05) is 51.4 Å². The molecule has 0 unspecified atom stereocenters. The van der Waals surface area contributed by atoms with Crippen LogP contribution in [-0.4, -0.2) is 14.4 Å². The maximum Gasteiger partial charge on any atom is 0.673 e. The van der Waals surface area contributed by atoms with Crippen LogP contribution in [0.5, 0.6) is 0 Å². The molecule has 0 saturated heterocycles. The van der Waals surface area contributed by atoms with Crippen LogP contribution in [0.15, 0.2) is 182 Å². The third-order valence-corrected chi connectivity index (χ3v) is 12.3. The molecule has 6 aromatic rings. The van der Waals surface area contributed by atoms with Crippen LogP contribution in [0.1, 0.15) is 0 Å². The van der Waals surface area contributed by atoms with Gasteiger partial charge in [-0.2, -0.15) is 0 Å². The SMILES string of the molecule is CO[C]1[CH][CH][CH][CH]1.F[B-](F)(F)F.[Au].[Au].[C+]1[CH][CH][CH][CH]1.[Fe].c1ccc(P(c2ccccc2)c2ccccc2)cc1.c1ccc(P(c2ccccc2)c2ccccc2)cc1. The molecule has 11 heteroatoms. The maximum absolute atomic E-state index is 9.75. The fourth-order valence-electron chi connectivity index (χ4n) is 5.13. The van der Waals surface area contributed by atoms with Gasteiger partial charge in [0, 0.05) is 94.6 Å². The summed E-state index contributed by atoms with van der Waals surface area (Å²) in [5.41, 5.74) is 0. The second-order valence-electron chi connectivity index (χ2n) is 11.4. The predicted octanol–water partition coefficient (Wildman–Crippen LogP) is 10.1. The van der Waals surface area contributed by atoms with Gasteiger partial charge in [0.1, 0.15) is 6.10 Å². The molecule has 12 radical (unpaired) electrons. The van der Waals surface area contributed by atoms with Crippen molar-refractivity contribution >= 4 is 54.9 Å². The zero-order chi connectivity index (χ0) is 39.0. The molecule has 2 fully saturated rings. The van der Waals surface area contributed by atoms with E-state index in [0.717, 1.165) is 6.10 Å². The quantitative estimate of drug-likeness (QED) is 0.0670. The molecule has 2 aliphatic rings. The summed E-state index contributed by atoms with van der Waals surface area (Å²) >= 11 is 0. The summed E-state index contributed by atoms with van der Waals surface area (Å²) in [6.45, 7) is 0. The van der Waals surface area contributed by atoms with Crippen LogP contribution >= 0.6 is 15.8 Å². The van der Waals surface area contributed by atoms with Gasteiger partial charge in [-0.15, -0.1) is 0 Å². The molecule has 0 heterocycles. The van der Waals surface area contributed by atoms with Gasteiger partial charge in [-0.1, -0.05) is 182 Å². The van der Waals surface area contributed by atoms with Gasteiger partial charge in [0.05, 0.1) is 0 Å². The minimum atomic E-state index is -6.00. The summed E-state index contributed by atoms with van der Waals surface area (Å²) < 4.78 is 43.9. The van der Waals surface area contributed by atoms with E-state index < -0.39 is 23.1 Å². The number of halogens is 4. The summed E-state index contributed by atoms with van der Waals surface area (Å²) in [6, 6.07) is 64.7. The standard InChI is InChI=1S/2C18H15P.C6H7O.C5H4.2Au.BF4.Fe/c2*1-4-10-16(11-5-1)19(17-12-6-2-7-13-17)18-14-8-3-9-15-18;1-7-6-4-2-3-5-6;1-2-4-5-3-1;;;2-1(3,4)5;/h2*1-15H;2-5H,1H3;1-4H;;;;/q;;;+1;;;-1;. The van der Waals surface area contributed by atoms with E-state index >= 15 is 0 Å². The summed E-state index contributed by atoms with van der Waals surface area (Å²) in [6.07, 6.45) is 19.2. The normalized spacial score (nSPS) is 12.7. The molecule has 1 nitrogen and oxygen atoms in total. The Labute approximate surface area is 388 Å². The zero-order valence-electron chi connectivity index (χ0n) is 31.3. The van der Waals surface area contributed by atoms with Gasteiger partial charge in [-0.3, -0.25) is 0 Å². The first-order valence-electron chi connectivity index (χ1n) is 17.4. The first kappa shape index (κ1) is 53.8. The van der Waals surface area contributed by atoms with E-state index in [2.05, 4.69) is 188 Å². The van der Waals surface area contributed by atoms with Gasteiger partial charge < -0.3 is 22.0 Å². The summed E-state index contributed by atoms with van der Waals surface area (Å²) in [7, 11) is -5.23. The fraction of sp³-hybridized carbons (Fsp3) is 0.0213. The maximum atomic E-state index is 9.75. The van der Waals surface area contributed by atoms with E-state index in [1.165, 1.54) is 31.8 Å². The van der Waals surface area contributed by atoms with E-state index in [4.69, 9.17) is 4.74 Å². The van der Waals surface area contributed by atoms with Crippen LogP contribution in [0.3, 0.4) is 0 Å². The average Bonchev–Trinajstić information content (AvgIpc) is 4.00. The monoisotopic (exact) mass is 1220 g/mol. The Morgan fingerprint density at radius 3 is 0.741 bits per heavy atom. The van der Waals surface area contributed by atoms with Gasteiger partial charge in [0.25, 0.3) is 6.42 Å². The Bertz CT molecular complexity index is 1510. The van der Waals surface area contributed by atoms with E-state index in [-0.39, 0.29) is 61.8 Å². The van der Waals surface area contributed by atoms with Crippen molar-refractivity contribution in [2.45, 2.75) is 0 Å². The Hall–Kier alpha value is -2.21. The number of hydrogen-bond acceptors (Lipinski definition) is 1. The third-order valence-electron chi connectivity index (χ3n) is 7.45. The van der Waals surface area contributed by atoms with Gasteiger partial charge in [-0.05, 0) is 60.5 Å². The average molecular weight is 1220 g/mol. The van der Waals surface area contributed by atoms with Crippen molar-refractivity contribution in [1.29, 1.82) is 0 Å². The number of rotatable bonds is 7. The molecule has 306 valence electrons. The Balaban J connectivity index is 0.000000401. The van der Waals surface area contributed by atoms with Crippen LogP contribution in [-0.2, 0) is 66.6 Å². The molecule has 58 heavy (non-hydrogen) atoms. The van der Waals surface area contributed by atoms with Crippen LogP contribution in [0.25, 0.3) is 0 Å². The van der Waals surface area contributed by atoms with Crippen molar-refractivity contribution in [3.8, 4) is 0 Å². The predicted molar refractivity (Wildman–Crippen MR) is 228 cm³/mol. The molecular formula is C47H41Au2BF4FeOP2. The smallest absolute Gasteiger partial charge is 0.418 e. The largest absolute Gasteiger partial charge is 0.673 e. The number of hydrogen-bond donors (Lipinski definition) is 0. The van der Waals surface area contributed by atoms with Crippen molar-refractivity contribution < 1.29 is 83.8 Å². The minimum absolute atomic E-state index is 0. The van der Waals surface area contributed by atoms with Gasteiger partial charge in [0.15, 0.2) is 12.8 Å². The summed E-state index contributed by atoms with van der Waals surface area (Å²) in [5, 5.41) is 8.39. The van der Waals surface area contributed by atoms with Gasteiger partial charge in [0.2, 0.25) is 0 Å². The van der Waals surface area contributed by atoms with Crippen LogP contribution < -0.4 is 31.8 Å². The van der Waals surface area contributed by atoms with E-state index in [0.29, 0.717) is 0 Å². The van der Waals surface area contributed by atoms with Crippen LogP contribution in [0.2, 0.25) is 0 Å². The Kier molecular flexibility index (Phi) is 29.4. The number of ether oxygens (including phenoxy) is 1. The second-order valence-corrected chi connectivity index (χ2v) is 15.8. The molecule has 0 atom stereocenters. The summed E-state index contributed by atoms with van der Waals surface area (Å²) in [4.78, 5) is 0. The van der Waals surface area contributed by atoms with Crippen LogP contribution in [0, 0.1) is 63.9 Å². The molecule has 0 aliphatic heterocycles. The van der Waals surface area contributed by atoms with Gasteiger partial charge in [-0.25, -0.2) is 0 Å². The summed E-state index contributed by atoms with van der Waals surface area (Å²) in [5.74, 6) is 0. The third kappa shape index (κ3) is 21.4. The Morgan fingerprint density at radius 1 is 0.397 bits per heavy atom. The fourth-order valence-corrected chi connectivity index (χ4v) is 9.74. The van der Waals surface area contributed by atoms with Crippen molar-refractivity contribution in [3.63, 3.8) is 0 Å². The molecule has 2 saturated carbocycles. The van der Waals surface area contributed by atoms with Crippen molar-refractivity contribution in [1.82, 2.24) is 0 Å². The van der Waals surface area contributed by atoms with Crippen molar-refractivity contribution in [2.75, 3.05) is 7.11 Å². The van der Waals surface area contributed by atoms with Crippen molar-refractivity contribution in [2.24, 2.45) is 0 Å². The topological polar surface area (TPSA) is 9.23 Å². The zero-order valence-corrected chi connectivity index (χ0v) is 38.5. The second kappa shape index (κ2) is 31.6. The molecule has 6 aromatic carbocycles. The molecule has 8 rings (SSSR count). The van der Waals surface area contributed by atoms with Gasteiger partial charge >= 0.3 is 7.25 Å². The first-order chi connectivity index (χ1) is 26.8. The number of benzene rings is 6. The Morgan fingerprint density at radius 2 is 0.603 bits per heavy atom. The first-order valence-corrected chi connectivity index (χ1v) is 20.1. The van der Waals surface area contributed by atoms with E-state index in [1.54, 1.807) is 7.11 Å². The molecule has 0 N–H and O–H groups in total. The number of methoxy groups -OCH3 is 1. The molecule has 0 amide bonds. The molecule has 0 spiro atoms. The van der Waals surface area contributed by atoms with E-state index in [9.17, 15) is 17.3 Å².